The van der Waals surface area contributed by atoms with Gasteiger partial charge in [-0.25, -0.2) is 0 Å². The van der Waals surface area contributed by atoms with E-state index in [4.69, 9.17) is 4.74 Å². The summed E-state index contributed by atoms with van der Waals surface area (Å²) in [5.41, 5.74) is 1.02. The zero-order valence-corrected chi connectivity index (χ0v) is 18.7. The van der Waals surface area contributed by atoms with E-state index in [1.54, 1.807) is 11.3 Å². The summed E-state index contributed by atoms with van der Waals surface area (Å²) < 4.78 is 6.30. The van der Waals surface area contributed by atoms with Gasteiger partial charge in [-0.3, -0.25) is 9.59 Å². The zero-order chi connectivity index (χ0) is 22.0. The lowest BCUT2D eigenvalue weighted by Crippen LogP contribution is -2.59. The Morgan fingerprint density at radius 3 is 2.50 bits per heavy atom. The number of carbonyl (C=O) groups is 2. The topological polar surface area (TPSA) is 49.9 Å². The van der Waals surface area contributed by atoms with E-state index in [1.807, 2.05) is 69.8 Å². The molecule has 2 saturated heterocycles. The fourth-order valence-electron chi connectivity index (χ4n) is 4.84. The van der Waals surface area contributed by atoms with Crippen molar-refractivity contribution in [3.05, 3.63) is 94.2 Å². The third-order valence-corrected chi connectivity index (χ3v) is 7.30. The Morgan fingerprint density at radius 1 is 1.03 bits per heavy atom. The van der Waals surface area contributed by atoms with Crippen molar-refractivity contribution in [3.63, 3.8) is 0 Å². The summed E-state index contributed by atoms with van der Waals surface area (Å²) >= 11 is 1.65. The molecule has 2 aliphatic heterocycles. The van der Waals surface area contributed by atoms with Gasteiger partial charge in [-0.15, -0.1) is 11.3 Å². The molecule has 0 bridgehead atoms. The molecule has 0 saturated carbocycles. The minimum atomic E-state index is -1.04. The number of likely N-dealkylation sites (tertiary alicyclic amines) is 1. The average Bonchev–Trinajstić information content (AvgIpc) is 3.43. The average molecular weight is 447 g/mol. The van der Waals surface area contributed by atoms with Gasteiger partial charge in [-0.05, 0) is 22.6 Å². The lowest BCUT2D eigenvalue weighted by atomic mass is 9.83. The number of thiophene rings is 1. The molecule has 0 radical (unpaired) electrons. The molecule has 2 amide bonds. The number of amides is 2. The number of nitrogens with zero attached hydrogens (tertiary/aromatic N) is 2. The predicted molar refractivity (Wildman–Crippen MR) is 124 cm³/mol. The molecule has 6 heteroatoms. The summed E-state index contributed by atoms with van der Waals surface area (Å²) in [5, 5.41) is 2.03. The fraction of sp³-hybridized carbons (Fsp3) is 0.308. The van der Waals surface area contributed by atoms with Crippen molar-refractivity contribution in [2.45, 2.75) is 24.5 Å². The van der Waals surface area contributed by atoms with Crippen LogP contribution in [0.2, 0.25) is 0 Å². The van der Waals surface area contributed by atoms with E-state index in [2.05, 4.69) is 18.2 Å². The number of rotatable bonds is 5. The van der Waals surface area contributed by atoms with Crippen molar-refractivity contribution >= 4 is 23.2 Å². The summed E-state index contributed by atoms with van der Waals surface area (Å²) in [6.45, 7) is 2.32. The van der Waals surface area contributed by atoms with Crippen LogP contribution >= 0.6 is 11.3 Å². The molecule has 1 aromatic heterocycles. The maximum atomic E-state index is 13.8. The molecule has 5 rings (SSSR count). The Balaban J connectivity index is 1.43. The van der Waals surface area contributed by atoms with Gasteiger partial charge in [0.15, 0.2) is 5.60 Å². The third kappa shape index (κ3) is 3.96. The molecule has 164 valence electrons. The van der Waals surface area contributed by atoms with Crippen LogP contribution in [0.5, 0.6) is 0 Å². The number of morpholine rings is 1. The molecular formula is C26H26N2O3S. The smallest absolute Gasteiger partial charge is 0.257 e. The summed E-state index contributed by atoms with van der Waals surface area (Å²) in [6.07, 6.45) is 0.333. The van der Waals surface area contributed by atoms with E-state index in [9.17, 15) is 9.59 Å². The molecule has 2 aromatic carbocycles. The monoisotopic (exact) mass is 446 g/mol. The standard InChI is InChI=1S/C26H26N2O3S/c29-24(16-20-8-3-1-4-9-20)27-13-14-31-26(19-27)23(21-10-5-2-6-11-21)18-28(25(26)30)17-22-12-7-15-32-22/h1-12,15,23H,13-14,16-19H2. The predicted octanol–water partition coefficient (Wildman–Crippen LogP) is 3.71. The van der Waals surface area contributed by atoms with E-state index in [-0.39, 0.29) is 24.3 Å². The van der Waals surface area contributed by atoms with Crippen LogP contribution in [-0.4, -0.2) is 53.5 Å². The highest BCUT2D eigenvalue weighted by molar-refractivity contribution is 7.09. The number of ether oxygens (including phenoxy) is 1. The molecule has 1 spiro atoms. The highest BCUT2D eigenvalue weighted by Crippen LogP contribution is 2.42. The van der Waals surface area contributed by atoms with Crippen LogP contribution in [0.15, 0.2) is 78.2 Å². The first kappa shape index (κ1) is 20.9. The van der Waals surface area contributed by atoms with Gasteiger partial charge in [0.25, 0.3) is 5.91 Å². The Hall–Kier alpha value is -2.96. The summed E-state index contributed by atoms with van der Waals surface area (Å²) in [7, 11) is 0. The second kappa shape index (κ2) is 8.88. The Kier molecular flexibility index (Phi) is 5.81. The molecular weight excluding hydrogens is 420 g/mol. The Bertz CT molecular complexity index is 1070. The van der Waals surface area contributed by atoms with Gasteiger partial charge in [0.2, 0.25) is 5.91 Å². The van der Waals surface area contributed by atoms with Crippen molar-refractivity contribution in [2.75, 3.05) is 26.2 Å². The van der Waals surface area contributed by atoms with Crippen LogP contribution in [-0.2, 0) is 27.3 Å². The summed E-state index contributed by atoms with van der Waals surface area (Å²) in [4.78, 5) is 31.8. The van der Waals surface area contributed by atoms with Crippen molar-refractivity contribution in [3.8, 4) is 0 Å². The molecule has 2 atom stereocenters. The maximum absolute atomic E-state index is 13.8. The van der Waals surface area contributed by atoms with Gasteiger partial charge in [0, 0.05) is 23.9 Å². The lowest BCUT2D eigenvalue weighted by Gasteiger charge is -2.42. The highest BCUT2D eigenvalue weighted by Gasteiger charge is 2.58. The van der Waals surface area contributed by atoms with Gasteiger partial charge in [-0.1, -0.05) is 66.7 Å². The highest BCUT2D eigenvalue weighted by atomic mass is 32.1. The molecule has 32 heavy (non-hydrogen) atoms. The number of carbonyl (C=O) groups excluding carboxylic acids is 2. The minimum Gasteiger partial charge on any atom is -0.361 e. The van der Waals surface area contributed by atoms with Crippen LogP contribution in [0.1, 0.15) is 21.9 Å². The van der Waals surface area contributed by atoms with Gasteiger partial charge >= 0.3 is 0 Å². The normalized spacial score (nSPS) is 23.1. The summed E-state index contributed by atoms with van der Waals surface area (Å²) in [6, 6.07) is 23.9. The minimum absolute atomic E-state index is 0.0167. The van der Waals surface area contributed by atoms with Crippen molar-refractivity contribution in [1.82, 2.24) is 9.80 Å². The van der Waals surface area contributed by atoms with E-state index in [1.165, 1.54) is 0 Å². The molecule has 5 nitrogen and oxygen atoms in total. The number of benzene rings is 2. The molecule has 3 aromatic rings. The van der Waals surface area contributed by atoms with Crippen LogP contribution in [0.3, 0.4) is 0 Å². The second-order valence-corrected chi connectivity index (χ2v) is 9.48. The van der Waals surface area contributed by atoms with Gasteiger partial charge in [0.1, 0.15) is 0 Å². The van der Waals surface area contributed by atoms with E-state index in [0.717, 1.165) is 16.0 Å². The summed E-state index contributed by atoms with van der Waals surface area (Å²) in [5.74, 6) is -0.101. The van der Waals surface area contributed by atoms with Crippen molar-refractivity contribution in [1.29, 1.82) is 0 Å². The fourth-order valence-corrected chi connectivity index (χ4v) is 5.56. The van der Waals surface area contributed by atoms with Crippen molar-refractivity contribution < 1.29 is 14.3 Å². The number of hydrogen-bond donors (Lipinski definition) is 0. The first-order valence-corrected chi connectivity index (χ1v) is 11.9. The molecule has 0 N–H and O–H groups in total. The number of hydrogen-bond acceptors (Lipinski definition) is 4. The Morgan fingerprint density at radius 2 is 1.78 bits per heavy atom. The largest absolute Gasteiger partial charge is 0.361 e. The zero-order valence-electron chi connectivity index (χ0n) is 17.9. The van der Waals surface area contributed by atoms with Crippen molar-refractivity contribution in [2.24, 2.45) is 0 Å². The van der Waals surface area contributed by atoms with Crippen LogP contribution in [0, 0.1) is 0 Å². The van der Waals surface area contributed by atoms with Gasteiger partial charge in [-0.2, -0.15) is 0 Å². The van der Waals surface area contributed by atoms with Crippen LogP contribution in [0.4, 0.5) is 0 Å². The molecule has 3 heterocycles. The first-order chi connectivity index (χ1) is 15.7. The van der Waals surface area contributed by atoms with E-state index in [0.29, 0.717) is 32.7 Å². The van der Waals surface area contributed by atoms with Gasteiger partial charge in [0.05, 0.1) is 26.1 Å². The van der Waals surface area contributed by atoms with E-state index < -0.39 is 5.60 Å². The molecule has 2 fully saturated rings. The Labute approximate surface area is 192 Å². The maximum Gasteiger partial charge on any atom is 0.257 e. The third-order valence-electron chi connectivity index (χ3n) is 6.44. The van der Waals surface area contributed by atoms with Crippen LogP contribution in [0.25, 0.3) is 0 Å². The molecule has 2 aliphatic rings. The van der Waals surface area contributed by atoms with Crippen LogP contribution < -0.4 is 0 Å². The second-order valence-electron chi connectivity index (χ2n) is 8.44. The quantitative estimate of drug-likeness (QED) is 0.600. The lowest BCUT2D eigenvalue weighted by molar-refractivity contribution is -0.167. The molecule has 0 aliphatic carbocycles. The SMILES string of the molecule is O=C(Cc1ccccc1)N1CCOC2(C1)C(=O)N(Cc1cccs1)CC2c1ccccc1. The first-order valence-electron chi connectivity index (χ1n) is 11.0. The molecule has 2 unspecified atom stereocenters. The van der Waals surface area contributed by atoms with E-state index >= 15 is 0 Å². The van der Waals surface area contributed by atoms with Gasteiger partial charge < -0.3 is 14.5 Å².